The number of rotatable bonds is 2. The lowest BCUT2D eigenvalue weighted by Crippen LogP contribution is -2.04. The van der Waals surface area contributed by atoms with Gasteiger partial charge in [-0.25, -0.2) is 0 Å². The SMILES string of the molecule is C=Cc1cccc(I)c1OC(C)=O. The van der Waals surface area contributed by atoms with E-state index in [2.05, 4.69) is 29.2 Å². The van der Waals surface area contributed by atoms with Gasteiger partial charge in [-0.05, 0) is 28.7 Å². The lowest BCUT2D eigenvalue weighted by molar-refractivity contribution is -0.131. The Morgan fingerprint density at radius 3 is 2.85 bits per heavy atom. The summed E-state index contributed by atoms with van der Waals surface area (Å²) in [5, 5.41) is 0. The van der Waals surface area contributed by atoms with Crippen molar-refractivity contribution in [2.75, 3.05) is 0 Å². The van der Waals surface area contributed by atoms with Gasteiger partial charge >= 0.3 is 5.97 Å². The molecule has 0 aromatic heterocycles. The van der Waals surface area contributed by atoms with E-state index in [-0.39, 0.29) is 5.97 Å². The number of hydrogen-bond donors (Lipinski definition) is 0. The van der Waals surface area contributed by atoms with Crippen molar-refractivity contribution in [2.45, 2.75) is 6.92 Å². The first-order chi connectivity index (χ1) is 6.15. The summed E-state index contributed by atoms with van der Waals surface area (Å²) >= 11 is 2.12. The molecule has 0 spiro atoms. The first-order valence-corrected chi connectivity index (χ1v) is 4.82. The van der Waals surface area contributed by atoms with E-state index >= 15 is 0 Å². The Hall–Kier alpha value is -0.840. The third-order valence-electron chi connectivity index (χ3n) is 1.46. The first kappa shape index (κ1) is 10.2. The maximum atomic E-state index is 10.8. The summed E-state index contributed by atoms with van der Waals surface area (Å²) < 4.78 is 5.96. The third-order valence-corrected chi connectivity index (χ3v) is 2.31. The van der Waals surface area contributed by atoms with E-state index in [1.165, 1.54) is 6.92 Å². The van der Waals surface area contributed by atoms with Crippen LogP contribution >= 0.6 is 22.6 Å². The molecule has 2 nitrogen and oxygen atoms in total. The third kappa shape index (κ3) is 2.55. The molecule has 0 unspecified atom stereocenters. The molecule has 0 aliphatic heterocycles. The number of para-hydroxylation sites is 1. The number of benzene rings is 1. The summed E-state index contributed by atoms with van der Waals surface area (Å²) in [5.74, 6) is 0.276. The fourth-order valence-electron chi connectivity index (χ4n) is 0.938. The number of hydrogen-bond acceptors (Lipinski definition) is 2. The van der Waals surface area contributed by atoms with Crippen LogP contribution in [-0.4, -0.2) is 5.97 Å². The molecule has 0 saturated heterocycles. The molecular formula is C10H9IO2. The van der Waals surface area contributed by atoms with Gasteiger partial charge in [0.05, 0.1) is 3.57 Å². The molecule has 0 bridgehead atoms. The molecule has 0 heterocycles. The molecule has 0 saturated carbocycles. The van der Waals surface area contributed by atoms with Crippen molar-refractivity contribution in [3.63, 3.8) is 0 Å². The molecule has 0 amide bonds. The minimum Gasteiger partial charge on any atom is -0.425 e. The predicted molar refractivity (Wildman–Crippen MR) is 60.6 cm³/mol. The van der Waals surface area contributed by atoms with Gasteiger partial charge in [0, 0.05) is 12.5 Å². The minimum atomic E-state index is -0.313. The van der Waals surface area contributed by atoms with Crippen molar-refractivity contribution in [1.82, 2.24) is 0 Å². The van der Waals surface area contributed by atoms with E-state index in [1.54, 1.807) is 6.08 Å². The molecular weight excluding hydrogens is 279 g/mol. The van der Waals surface area contributed by atoms with Gasteiger partial charge in [-0.1, -0.05) is 24.8 Å². The van der Waals surface area contributed by atoms with Gasteiger partial charge < -0.3 is 4.74 Å². The molecule has 0 radical (unpaired) electrons. The monoisotopic (exact) mass is 288 g/mol. The molecule has 0 aliphatic carbocycles. The number of carbonyl (C=O) groups excluding carboxylic acids is 1. The van der Waals surface area contributed by atoms with Gasteiger partial charge in [0.1, 0.15) is 0 Å². The normalized spacial score (nSPS) is 9.38. The zero-order chi connectivity index (χ0) is 9.84. The Balaban J connectivity index is 3.14. The topological polar surface area (TPSA) is 26.3 Å². The molecule has 1 rings (SSSR count). The van der Waals surface area contributed by atoms with Crippen LogP contribution in [0.2, 0.25) is 0 Å². The number of carbonyl (C=O) groups is 1. The number of esters is 1. The van der Waals surface area contributed by atoms with Crippen molar-refractivity contribution in [1.29, 1.82) is 0 Å². The Morgan fingerprint density at radius 1 is 1.62 bits per heavy atom. The minimum absolute atomic E-state index is 0.313. The van der Waals surface area contributed by atoms with E-state index in [0.717, 1.165) is 9.13 Å². The average molecular weight is 288 g/mol. The smallest absolute Gasteiger partial charge is 0.308 e. The van der Waals surface area contributed by atoms with Crippen molar-refractivity contribution in [2.24, 2.45) is 0 Å². The van der Waals surface area contributed by atoms with E-state index in [9.17, 15) is 4.79 Å². The summed E-state index contributed by atoms with van der Waals surface area (Å²) in [6, 6.07) is 5.63. The Bertz CT molecular complexity index is 345. The summed E-state index contributed by atoms with van der Waals surface area (Å²) in [6.07, 6.45) is 1.67. The van der Waals surface area contributed by atoms with Gasteiger partial charge in [-0.2, -0.15) is 0 Å². The second-order valence-corrected chi connectivity index (χ2v) is 3.62. The quantitative estimate of drug-likeness (QED) is 0.475. The molecule has 0 atom stereocenters. The molecule has 1 aromatic carbocycles. The standard InChI is InChI=1S/C10H9IO2/c1-3-8-5-4-6-9(11)10(8)13-7(2)12/h3-6H,1H2,2H3. The van der Waals surface area contributed by atoms with Crippen LogP contribution in [0.5, 0.6) is 5.75 Å². The van der Waals surface area contributed by atoms with Crippen molar-refractivity contribution >= 4 is 34.6 Å². The van der Waals surface area contributed by atoms with E-state index in [1.807, 2.05) is 18.2 Å². The van der Waals surface area contributed by atoms with Crippen molar-refractivity contribution in [3.8, 4) is 5.75 Å². The largest absolute Gasteiger partial charge is 0.425 e. The highest BCUT2D eigenvalue weighted by molar-refractivity contribution is 14.1. The van der Waals surface area contributed by atoms with Crippen molar-refractivity contribution < 1.29 is 9.53 Å². The highest BCUT2D eigenvalue weighted by Gasteiger charge is 2.07. The number of ether oxygens (including phenoxy) is 1. The maximum Gasteiger partial charge on any atom is 0.308 e. The lowest BCUT2D eigenvalue weighted by atomic mass is 10.2. The highest BCUT2D eigenvalue weighted by Crippen LogP contribution is 2.26. The maximum absolute atomic E-state index is 10.8. The van der Waals surface area contributed by atoms with Gasteiger partial charge in [-0.3, -0.25) is 4.79 Å². The zero-order valence-corrected chi connectivity index (χ0v) is 9.37. The molecule has 0 N–H and O–H groups in total. The molecule has 1 aromatic rings. The van der Waals surface area contributed by atoms with Crippen LogP contribution in [0.4, 0.5) is 0 Å². The Labute approximate surface area is 90.7 Å². The predicted octanol–water partition coefficient (Wildman–Crippen LogP) is 2.86. The van der Waals surface area contributed by atoms with Gasteiger partial charge in [-0.15, -0.1) is 0 Å². The Morgan fingerprint density at radius 2 is 2.31 bits per heavy atom. The lowest BCUT2D eigenvalue weighted by Gasteiger charge is -2.06. The Kier molecular flexibility index (Phi) is 3.48. The molecule has 0 fully saturated rings. The second kappa shape index (κ2) is 4.41. The van der Waals surface area contributed by atoms with Crippen LogP contribution in [0.1, 0.15) is 12.5 Å². The second-order valence-electron chi connectivity index (χ2n) is 2.46. The van der Waals surface area contributed by atoms with Gasteiger partial charge in [0.15, 0.2) is 5.75 Å². The summed E-state index contributed by atoms with van der Waals surface area (Å²) in [5.41, 5.74) is 0.835. The van der Waals surface area contributed by atoms with Crippen LogP contribution in [0.25, 0.3) is 6.08 Å². The van der Waals surface area contributed by atoms with Gasteiger partial charge in [0.2, 0.25) is 0 Å². The van der Waals surface area contributed by atoms with Crippen LogP contribution in [-0.2, 0) is 4.79 Å². The zero-order valence-electron chi connectivity index (χ0n) is 7.21. The fraction of sp³-hybridized carbons (Fsp3) is 0.100. The fourth-order valence-corrected chi connectivity index (χ4v) is 1.57. The molecule has 0 aliphatic rings. The van der Waals surface area contributed by atoms with Gasteiger partial charge in [0.25, 0.3) is 0 Å². The molecule has 3 heteroatoms. The van der Waals surface area contributed by atoms with Crippen LogP contribution in [0.15, 0.2) is 24.8 Å². The van der Waals surface area contributed by atoms with E-state index in [4.69, 9.17) is 4.74 Å². The van der Waals surface area contributed by atoms with Crippen LogP contribution in [0.3, 0.4) is 0 Å². The van der Waals surface area contributed by atoms with Crippen LogP contribution in [0, 0.1) is 3.57 Å². The van der Waals surface area contributed by atoms with E-state index in [0.29, 0.717) is 5.75 Å². The highest BCUT2D eigenvalue weighted by atomic mass is 127. The summed E-state index contributed by atoms with van der Waals surface area (Å²) in [4.78, 5) is 10.8. The van der Waals surface area contributed by atoms with E-state index < -0.39 is 0 Å². The summed E-state index contributed by atoms with van der Waals surface area (Å²) in [6.45, 7) is 5.03. The molecule has 13 heavy (non-hydrogen) atoms. The first-order valence-electron chi connectivity index (χ1n) is 3.74. The summed E-state index contributed by atoms with van der Waals surface area (Å²) in [7, 11) is 0. The average Bonchev–Trinajstić information content (AvgIpc) is 2.08. The number of halogens is 1. The van der Waals surface area contributed by atoms with Crippen LogP contribution < -0.4 is 4.74 Å². The van der Waals surface area contributed by atoms with Crippen molar-refractivity contribution in [3.05, 3.63) is 33.9 Å². The molecule has 68 valence electrons.